The van der Waals surface area contributed by atoms with Crippen molar-refractivity contribution < 1.29 is 21.9 Å². The van der Waals surface area contributed by atoms with Crippen molar-refractivity contribution in [3.8, 4) is 33.6 Å². The quantitative estimate of drug-likeness (QED) is 0.154. The Labute approximate surface area is 460 Å². The molecule has 0 saturated carbocycles. The summed E-state index contributed by atoms with van der Waals surface area (Å²) in [6.07, 6.45) is 0. The lowest BCUT2D eigenvalue weighted by Gasteiger charge is -2.45. The van der Waals surface area contributed by atoms with Crippen molar-refractivity contribution in [3.05, 3.63) is 260 Å². The summed E-state index contributed by atoms with van der Waals surface area (Å²) in [5, 5.41) is -0.196. The average molecular weight is 975 g/mol. The van der Waals surface area contributed by atoms with E-state index < -0.39 is 109 Å². The predicted molar refractivity (Wildman–Crippen MR) is 319 cm³/mol. The molecule has 75 heavy (non-hydrogen) atoms. The van der Waals surface area contributed by atoms with Gasteiger partial charge in [-0.2, -0.15) is 0 Å². The number of nitrogens with zero attached hydrogens (tertiary/aromatic N) is 4. The van der Waals surface area contributed by atoms with Gasteiger partial charge in [0.2, 0.25) is 0 Å². The van der Waals surface area contributed by atoms with Gasteiger partial charge in [0.1, 0.15) is 0 Å². The molecule has 4 nitrogen and oxygen atoms in total. The van der Waals surface area contributed by atoms with E-state index in [1.54, 1.807) is 0 Å². The molecular formula is C70H51BN4. The van der Waals surface area contributed by atoms with Crippen LogP contribution in [0.25, 0.3) is 77.2 Å². The molecule has 0 fully saturated rings. The third kappa shape index (κ3) is 6.71. The standard InChI is InChI=1S/C70H51BN4/c1-70(2,3)50-42-67-69-68(43-50)73(52-36-32-49(33-37-52)47-20-8-5-9-21-47)66-45-54(75-63-28-16-12-24-57(63)58-25-13-17-29-64(58)75)39-41-60(66)71(69)59-40-38-53(74-61-26-14-10-22-55(61)56-23-11-15-27-62(56)74)44-65(59)72(67)51-34-30-48(31-35-51)46-18-6-4-7-19-46/h4-45H,1-3H3/i10D,11D,12D,13D,14D,15D,16D,17D,22D,23D,24D,25D,26D,27D,28D,29D. The third-order valence-corrected chi connectivity index (χ3v) is 15.0. The smallest absolute Gasteiger partial charge is 0.252 e. The van der Waals surface area contributed by atoms with Crippen LogP contribution in [0, 0.1) is 0 Å². The van der Waals surface area contributed by atoms with Gasteiger partial charge in [0, 0.05) is 67.0 Å². The second-order valence-corrected chi connectivity index (χ2v) is 20.2. The molecule has 0 amide bonds. The van der Waals surface area contributed by atoms with Gasteiger partial charge in [-0.3, -0.25) is 0 Å². The molecule has 0 aliphatic carbocycles. The van der Waals surface area contributed by atoms with Crippen molar-refractivity contribution in [2.75, 3.05) is 9.80 Å². The molecule has 2 aliphatic heterocycles. The number of hydrogen-bond donors (Lipinski definition) is 0. The van der Waals surface area contributed by atoms with Crippen LogP contribution >= 0.6 is 0 Å². The molecule has 2 aromatic heterocycles. The lowest BCUT2D eigenvalue weighted by atomic mass is 9.33. The van der Waals surface area contributed by atoms with Gasteiger partial charge in [0.05, 0.1) is 44.0 Å². The minimum Gasteiger partial charge on any atom is -0.311 e. The minimum atomic E-state index is -0.604. The first-order valence-corrected chi connectivity index (χ1v) is 24.9. The maximum Gasteiger partial charge on any atom is 0.252 e. The Morgan fingerprint density at radius 2 is 0.680 bits per heavy atom. The van der Waals surface area contributed by atoms with Gasteiger partial charge in [0.25, 0.3) is 6.71 Å². The SMILES string of the molecule is [2H]c1c([2H])c([2H])c2c(c1[2H])c1c([2H])c([2H])c([2H])c([2H])c1n2-c1ccc2c(c1)N(c1ccc(-c3ccccc3)cc1)c1cc(C(C)(C)C)cc3c1B2c1ccc(-n2c4c([2H])c([2H])c([2H])c([2H])c4c4c([2H])c([2H])c([2H])c([2H])c42)cc1N3c1ccc(-c2ccccc2)cc1. The van der Waals surface area contributed by atoms with Crippen LogP contribution < -0.4 is 26.2 Å². The summed E-state index contributed by atoms with van der Waals surface area (Å²) in [6, 6.07) is 44.5. The van der Waals surface area contributed by atoms with Gasteiger partial charge in [-0.15, -0.1) is 0 Å². The number of anilines is 6. The van der Waals surface area contributed by atoms with Crippen LogP contribution in [0.2, 0.25) is 0 Å². The number of rotatable bonds is 6. The van der Waals surface area contributed by atoms with Crippen molar-refractivity contribution in [2.24, 2.45) is 0 Å². The fourth-order valence-electron chi connectivity index (χ4n) is 11.5. The first kappa shape index (κ1) is 30.0. The summed E-state index contributed by atoms with van der Waals surface area (Å²) in [7, 11) is 0. The highest BCUT2D eigenvalue weighted by Gasteiger charge is 2.44. The highest BCUT2D eigenvalue weighted by molar-refractivity contribution is 7.00. The molecule has 0 radical (unpaired) electrons. The fourth-order valence-corrected chi connectivity index (χ4v) is 11.5. The predicted octanol–water partition coefficient (Wildman–Crippen LogP) is 16.6. The number of aromatic nitrogens is 2. The van der Waals surface area contributed by atoms with Crippen molar-refractivity contribution >= 4 is 101 Å². The normalized spacial score (nSPS) is 15.9. The van der Waals surface area contributed by atoms with Crippen molar-refractivity contribution in [3.63, 3.8) is 0 Å². The summed E-state index contributed by atoms with van der Waals surface area (Å²) in [5.41, 5.74) is 11.9. The third-order valence-electron chi connectivity index (χ3n) is 15.0. The molecule has 13 aromatic rings. The minimum absolute atomic E-state index is 0.0236. The van der Waals surface area contributed by atoms with E-state index in [2.05, 4.69) is 91.2 Å². The Morgan fingerprint density at radius 3 is 1.04 bits per heavy atom. The Morgan fingerprint density at radius 1 is 0.347 bits per heavy atom. The molecule has 5 heteroatoms. The zero-order valence-electron chi connectivity index (χ0n) is 56.9. The summed E-state index contributed by atoms with van der Waals surface area (Å²) < 4.78 is 149. The molecule has 0 atom stereocenters. The molecule has 4 heterocycles. The molecule has 0 unspecified atom stereocenters. The molecule has 0 N–H and O–H groups in total. The number of fused-ring (bicyclic) bond motifs is 10. The summed E-state index contributed by atoms with van der Waals surface area (Å²) in [6.45, 7) is 5.81. The highest BCUT2D eigenvalue weighted by Crippen LogP contribution is 2.48. The molecular weight excluding hydrogens is 908 g/mol. The van der Waals surface area contributed by atoms with Crippen LogP contribution in [-0.4, -0.2) is 15.8 Å². The zero-order valence-corrected chi connectivity index (χ0v) is 40.9. The van der Waals surface area contributed by atoms with Crippen LogP contribution in [0.5, 0.6) is 0 Å². The largest absolute Gasteiger partial charge is 0.311 e. The van der Waals surface area contributed by atoms with Crippen molar-refractivity contribution in [1.82, 2.24) is 9.13 Å². The highest BCUT2D eigenvalue weighted by atomic mass is 15.2. The number of benzene rings is 11. The molecule has 11 aromatic carbocycles. The molecule has 0 bridgehead atoms. The van der Waals surface area contributed by atoms with Gasteiger partial charge < -0.3 is 18.9 Å². The lowest BCUT2D eigenvalue weighted by molar-refractivity contribution is 0.590. The summed E-state index contributed by atoms with van der Waals surface area (Å²) >= 11 is 0. The van der Waals surface area contributed by atoms with Gasteiger partial charge in [-0.1, -0.05) is 190 Å². The molecule has 0 spiro atoms. The van der Waals surface area contributed by atoms with E-state index in [1.807, 2.05) is 97.1 Å². The topological polar surface area (TPSA) is 16.3 Å². The van der Waals surface area contributed by atoms with E-state index >= 15 is 0 Å². The lowest BCUT2D eigenvalue weighted by Crippen LogP contribution is -2.61. The maximum absolute atomic E-state index is 9.47. The first-order valence-electron chi connectivity index (χ1n) is 32.9. The summed E-state index contributed by atoms with van der Waals surface area (Å²) in [4.78, 5) is 4.37. The van der Waals surface area contributed by atoms with Gasteiger partial charge in [-0.05, 0) is 134 Å². The van der Waals surface area contributed by atoms with Gasteiger partial charge >= 0.3 is 0 Å². The van der Waals surface area contributed by atoms with E-state index in [9.17, 15) is 11.0 Å². The molecule has 354 valence electrons. The Kier molecular flexibility index (Phi) is 6.65. The van der Waals surface area contributed by atoms with Crippen LogP contribution in [0.3, 0.4) is 0 Å². The van der Waals surface area contributed by atoms with E-state index in [0.29, 0.717) is 22.7 Å². The fraction of sp³-hybridized carbons (Fsp3) is 0.0571. The number of para-hydroxylation sites is 4. The second-order valence-electron chi connectivity index (χ2n) is 20.2. The average Bonchev–Trinajstić information content (AvgIpc) is 1.71. The van der Waals surface area contributed by atoms with E-state index in [1.165, 1.54) is 9.13 Å². The molecule has 15 rings (SSSR count). The van der Waals surface area contributed by atoms with Gasteiger partial charge in [0.15, 0.2) is 0 Å². The van der Waals surface area contributed by atoms with E-state index in [4.69, 9.17) is 11.0 Å². The Balaban J connectivity index is 1.07. The van der Waals surface area contributed by atoms with E-state index in [0.717, 1.165) is 67.0 Å². The zero-order chi connectivity index (χ0) is 63.9. The molecule has 2 aliphatic rings. The van der Waals surface area contributed by atoms with Crippen molar-refractivity contribution in [1.29, 1.82) is 0 Å². The van der Waals surface area contributed by atoms with Gasteiger partial charge in [-0.25, -0.2) is 0 Å². The van der Waals surface area contributed by atoms with Crippen molar-refractivity contribution in [2.45, 2.75) is 26.2 Å². The van der Waals surface area contributed by atoms with E-state index in [-0.39, 0.29) is 43.6 Å². The second kappa shape index (κ2) is 16.6. The maximum atomic E-state index is 9.47. The Hall–Kier alpha value is -9.32. The van der Waals surface area contributed by atoms with Crippen LogP contribution in [-0.2, 0) is 5.41 Å². The number of hydrogen-bond acceptors (Lipinski definition) is 2. The summed E-state index contributed by atoms with van der Waals surface area (Å²) in [5.74, 6) is 0. The molecule has 0 saturated heterocycles. The Bertz CT molecular complexity index is 4880. The van der Waals surface area contributed by atoms with Crippen LogP contribution in [0.4, 0.5) is 34.1 Å². The van der Waals surface area contributed by atoms with Crippen LogP contribution in [0.15, 0.2) is 254 Å². The monoisotopic (exact) mass is 975 g/mol. The first-order chi connectivity index (χ1) is 43.5. The van der Waals surface area contributed by atoms with Crippen LogP contribution in [0.1, 0.15) is 48.3 Å².